The van der Waals surface area contributed by atoms with Gasteiger partial charge in [0.25, 0.3) is 0 Å². The molecular weight excluding hydrogens is 350 g/mol. The lowest BCUT2D eigenvalue weighted by atomic mass is 10.1. The number of aliphatic hydroxyl groups is 1. The van der Waals surface area contributed by atoms with Gasteiger partial charge < -0.3 is 19.9 Å². The van der Waals surface area contributed by atoms with Gasteiger partial charge in [0.15, 0.2) is 0 Å². The Labute approximate surface area is 169 Å². The number of ether oxygens (including phenoxy) is 2. The number of nitrogens with one attached hydrogen (secondary N) is 1. The molecule has 0 aliphatic carbocycles. The van der Waals surface area contributed by atoms with Gasteiger partial charge in [0.05, 0.1) is 19.3 Å². The van der Waals surface area contributed by atoms with Gasteiger partial charge in [0.2, 0.25) is 0 Å². The molecular formula is C24H35NO3. The molecule has 154 valence electrons. The summed E-state index contributed by atoms with van der Waals surface area (Å²) < 4.78 is 11.7. The standard InChI is InChI=1S/C24H35NO3/c1-3-5-14-27-22-16-21(17-23(18-22)28-15-6-4-2)24(26)19-25-13-12-20-10-8-7-9-11-20/h7-11,16-18,24-26H,3-6,12-15,19H2,1-2H3. The van der Waals surface area contributed by atoms with Gasteiger partial charge in [-0.05, 0) is 49.1 Å². The lowest BCUT2D eigenvalue weighted by Gasteiger charge is -2.16. The van der Waals surface area contributed by atoms with E-state index >= 15 is 0 Å². The second-order valence-corrected chi connectivity index (χ2v) is 7.10. The van der Waals surface area contributed by atoms with E-state index in [4.69, 9.17) is 9.47 Å². The average molecular weight is 386 g/mol. The minimum Gasteiger partial charge on any atom is -0.493 e. The van der Waals surface area contributed by atoms with Crippen molar-refractivity contribution in [1.29, 1.82) is 0 Å². The normalized spacial score (nSPS) is 12.0. The van der Waals surface area contributed by atoms with Crippen molar-refractivity contribution in [1.82, 2.24) is 5.32 Å². The molecule has 0 saturated carbocycles. The zero-order valence-corrected chi connectivity index (χ0v) is 17.3. The van der Waals surface area contributed by atoms with Gasteiger partial charge in [0.1, 0.15) is 11.5 Å². The van der Waals surface area contributed by atoms with Gasteiger partial charge in [-0.15, -0.1) is 0 Å². The largest absolute Gasteiger partial charge is 0.493 e. The third kappa shape index (κ3) is 8.32. The molecule has 0 heterocycles. The van der Waals surface area contributed by atoms with Crippen molar-refractivity contribution >= 4 is 0 Å². The molecule has 2 aromatic rings. The van der Waals surface area contributed by atoms with Crippen molar-refractivity contribution in [3.8, 4) is 11.5 Å². The lowest BCUT2D eigenvalue weighted by Crippen LogP contribution is -2.23. The van der Waals surface area contributed by atoms with E-state index in [1.165, 1.54) is 5.56 Å². The molecule has 1 unspecified atom stereocenters. The van der Waals surface area contributed by atoms with Gasteiger partial charge >= 0.3 is 0 Å². The number of aliphatic hydroxyl groups excluding tert-OH is 1. The highest BCUT2D eigenvalue weighted by Gasteiger charge is 2.11. The summed E-state index contributed by atoms with van der Waals surface area (Å²) in [5, 5.41) is 14.0. The van der Waals surface area contributed by atoms with Gasteiger partial charge in [0, 0.05) is 12.6 Å². The van der Waals surface area contributed by atoms with E-state index in [0.717, 1.165) is 55.7 Å². The van der Waals surface area contributed by atoms with Crippen LogP contribution in [-0.4, -0.2) is 31.4 Å². The molecule has 4 nitrogen and oxygen atoms in total. The smallest absolute Gasteiger partial charge is 0.123 e. The number of benzene rings is 2. The summed E-state index contributed by atoms with van der Waals surface area (Å²) in [6.07, 6.45) is 4.55. The van der Waals surface area contributed by atoms with E-state index in [-0.39, 0.29) is 0 Å². The summed E-state index contributed by atoms with van der Waals surface area (Å²) >= 11 is 0. The predicted octanol–water partition coefficient (Wildman–Crippen LogP) is 4.91. The molecule has 0 spiro atoms. The number of rotatable bonds is 14. The molecule has 2 aromatic carbocycles. The van der Waals surface area contributed by atoms with Crippen molar-refractivity contribution in [2.75, 3.05) is 26.3 Å². The van der Waals surface area contributed by atoms with E-state index in [1.54, 1.807) is 0 Å². The molecule has 1 atom stereocenters. The maximum atomic E-state index is 10.6. The van der Waals surface area contributed by atoms with Crippen LogP contribution in [0.5, 0.6) is 11.5 Å². The van der Waals surface area contributed by atoms with Crippen LogP contribution in [-0.2, 0) is 6.42 Å². The van der Waals surface area contributed by atoms with Crippen molar-refractivity contribution in [2.24, 2.45) is 0 Å². The van der Waals surface area contributed by atoms with Crippen LogP contribution in [0, 0.1) is 0 Å². The molecule has 0 saturated heterocycles. The van der Waals surface area contributed by atoms with Gasteiger partial charge in [-0.1, -0.05) is 57.0 Å². The van der Waals surface area contributed by atoms with E-state index in [0.29, 0.717) is 19.8 Å². The van der Waals surface area contributed by atoms with E-state index in [9.17, 15) is 5.11 Å². The number of unbranched alkanes of at least 4 members (excludes halogenated alkanes) is 2. The van der Waals surface area contributed by atoms with E-state index < -0.39 is 6.10 Å². The molecule has 0 aromatic heterocycles. The summed E-state index contributed by atoms with van der Waals surface area (Å²) in [6.45, 7) is 6.97. The Morgan fingerprint density at radius 2 is 1.50 bits per heavy atom. The average Bonchev–Trinajstić information content (AvgIpc) is 2.72. The minimum atomic E-state index is -0.598. The van der Waals surface area contributed by atoms with Crippen LogP contribution >= 0.6 is 0 Å². The van der Waals surface area contributed by atoms with Crippen LogP contribution in [0.25, 0.3) is 0 Å². The zero-order chi connectivity index (χ0) is 20.0. The lowest BCUT2D eigenvalue weighted by molar-refractivity contribution is 0.173. The summed E-state index contributed by atoms with van der Waals surface area (Å²) in [7, 11) is 0. The van der Waals surface area contributed by atoms with Crippen LogP contribution in [0.1, 0.15) is 56.8 Å². The first-order valence-corrected chi connectivity index (χ1v) is 10.6. The number of hydrogen-bond donors (Lipinski definition) is 2. The zero-order valence-electron chi connectivity index (χ0n) is 17.3. The Bertz CT molecular complexity index is 632. The summed E-state index contributed by atoms with van der Waals surface area (Å²) in [5.41, 5.74) is 2.12. The van der Waals surface area contributed by atoms with Crippen molar-refractivity contribution < 1.29 is 14.6 Å². The van der Waals surface area contributed by atoms with Crippen LogP contribution in [0.15, 0.2) is 48.5 Å². The molecule has 0 aliphatic rings. The molecule has 0 radical (unpaired) electrons. The van der Waals surface area contributed by atoms with Crippen molar-refractivity contribution in [3.05, 3.63) is 59.7 Å². The first kappa shape index (κ1) is 22.3. The van der Waals surface area contributed by atoms with Gasteiger partial charge in [-0.2, -0.15) is 0 Å². The first-order valence-electron chi connectivity index (χ1n) is 10.6. The highest BCUT2D eigenvalue weighted by Crippen LogP contribution is 2.27. The molecule has 2 N–H and O–H groups in total. The third-order valence-electron chi connectivity index (χ3n) is 4.59. The molecule has 4 heteroatoms. The predicted molar refractivity (Wildman–Crippen MR) is 115 cm³/mol. The minimum absolute atomic E-state index is 0.500. The summed E-state index contributed by atoms with van der Waals surface area (Å²) in [4.78, 5) is 0. The topological polar surface area (TPSA) is 50.7 Å². The second-order valence-electron chi connectivity index (χ2n) is 7.10. The fraction of sp³-hybridized carbons (Fsp3) is 0.500. The third-order valence-corrected chi connectivity index (χ3v) is 4.59. The quantitative estimate of drug-likeness (QED) is 0.454. The SMILES string of the molecule is CCCCOc1cc(OCCCC)cc(C(O)CNCCc2ccccc2)c1. The number of hydrogen-bond acceptors (Lipinski definition) is 4. The Balaban J connectivity index is 1.91. The fourth-order valence-electron chi connectivity index (χ4n) is 2.86. The maximum Gasteiger partial charge on any atom is 0.123 e. The van der Waals surface area contributed by atoms with Crippen LogP contribution in [0.3, 0.4) is 0 Å². The van der Waals surface area contributed by atoms with Crippen molar-refractivity contribution in [3.63, 3.8) is 0 Å². The van der Waals surface area contributed by atoms with E-state index in [2.05, 4.69) is 31.3 Å². The Morgan fingerprint density at radius 3 is 2.07 bits per heavy atom. The Morgan fingerprint density at radius 1 is 0.893 bits per heavy atom. The van der Waals surface area contributed by atoms with Crippen LogP contribution in [0.2, 0.25) is 0 Å². The second kappa shape index (κ2) is 13.2. The molecule has 0 amide bonds. The maximum absolute atomic E-state index is 10.6. The van der Waals surface area contributed by atoms with E-state index in [1.807, 2.05) is 36.4 Å². The highest BCUT2D eigenvalue weighted by molar-refractivity contribution is 5.39. The summed E-state index contributed by atoms with van der Waals surface area (Å²) in [5.74, 6) is 1.53. The Hall–Kier alpha value is -2.04. The monoisotopic (exact) mass is 385 g/mol. The highest BCUT2D eigenvalue weighted by atomic mass is 16.5. The first-order chi connectivity index (χ1) is 13.7. The molecule has 0 bridgehead atoms. The van der Waals surface area contributed by atoms with Crippen molar-refractivity contribution in [2.45, 2.75) is 52.1 Å². The molecule has 0 fully saturated rings. The van der Waals surface area contributed by atoms with Gasteiger partial charge in [-0.3, -0.25) is 0 Å². The molecule has 0 aliphatic heterocycles. The van der Waals surface area contributed by atoms with Gasteiger partial charge in [-0.25, -0.2) is 0 Å². The van der Waals surface area contributed by atoms with Crippen LogP contribution < -0.4 is 14.8 Å². The molecule has 28 heavy (non-hydrogen) atoms. The molecule has 2 rings (SSSR count). The van der Waals surface area contributed by atoms with Crippen LogP contribution in [0.4, 0.5) is 0 Å². The summed E-state index contributed by atoms with van der Waals surface area (Å²) in [6, 6.07) is 16.1. The fourth-order valence-corrected chi connectivity index (χ4v) is 2.86. The Kier molecular flexibility index (Phi) is 10.5.